The molecule has 2 heterocycles. The smallest absolute Gasteiger partial charge is 0.254 e. The van der Waals surface area contributed by atoms with E-state index in [1.165, 1.54) is 13.0 Å². The molecule has 2 aromatic rings. The van der Waals surface area contributed by atoms with E-state index in [9.17, 15) is 18.4 Å². The molecule has 1 saturated heterocycles. The third kappa shape index (κ3) is 4.15. The van der Waals surface area contributed by atoms with E-state index in [-0.39, 0.29) is 36.2 Å². The second-order valence-electron chi connectivity index (χ2n) is 6.84. The van der Waals surface area contributed by atoms with Crippen LogP contribution in [0.1, 0.15) is 34.5 Å². The molecule has 0 aliphatic carbocycles. The van der Waals surface area contributed by atoms with Crippen molar-refractivity contribution in [2.75, 3.05) is 13.1 Å². The zero-order valence-electron chi connectivity index (χ0n) is 15.3. The number of likely N-dealkylation sites (tertiary alicyclic amines) is 1. The van der Waals surface area contributed by atoms with Gasteiger partial charge in [0.1, 0.15) is 18.2 Å². The number of benzene rings is 1. The van der Waals surface area contributed by atoms with Crippen LogP contribution in [0.15, 0.2) is 24.7 Å². The summed E-state index contributed by atoms with van der Waals surface area (Å²) in [5, 5.41) is 2.67. The number of hydrogen-bond donors (Lipinski definition) is 1. The minimum atomic E-state index is -0.898. The van der Waals surface area contributed by atoms with E-state index >= 15 is 0 Å². The van der Waals surface area contributed by atoms with Gasteiger partial charge in [0.25, 0.3) is 5.91 Å². The lowest BCUT2D eigenvalue weighted by Gasteiger charge is -2.25. The van der Waals surface area contributed by atoms with Crippen molar-refractivity contribution in [2.24, 2.45) is 0 Å². The van der Waals surface area contributed by atoms with Crippen LogP contribution in [0.2, 0.25) is 0 Å². The van der Waals surface area contributed by atoms with Crippen LogP contribution in [-0.2, 0) is 11.3 Å². The Hall–Kier alpha value is -2.77. The topological polar surface area (TPSA) is 67.2 Å². The Morgan fingerprint density at radius 2 is 2.04 bits per heavy atom. The maximum absolute atomic E-state index is 13.9. The summed E-state index contributed by atoms with van der Waals surface area (Å²) in [6, 6.07) is 1.76. The number of carbonyl (C=O) groups excluding carboxylic acids is 2. The molecule has 1 atom stereocenters. The summed E-state index contributed by atoms with van der Waals surface area (Å²) in [5.41, 5.74) is 0.906. The lowest BCUT2D eigenvalue weighted by Crippen LogP contribution is -2.44. The van der Waals surface area contributed by atoms with Gasteiger partial charge in [-0.2, -0.15) is 0 Å². The van der Waals surface area contributed by atoms with Crippen molar-refractivity contribution in [3.8, 4) is 0 Å². The summed E-state index contributed by atoms with van der Waals surface area (Å²) >= 11 is 0. The van der Waals surface area contributed by atoms with E-state index < -0.39 is 17.5 Å². The Kier molecular flexibility index (Phi) is 5.53. The highest BCUT2D eigenvalue weighted by Crippen LogP contribution is 2.18. The maximum Gasteiger partial charge on any atom is 0.254 e. The number of halogens is 2. The second kappa shape index (κ2) is 7.85. The molecular weight excluding hydrogens is 354 g/mol. The molecule has 0 radical (unpaired) electrons. The first-order chi connectivity index (χ1) is 12.9. The Bertz CT molecular complexity index is 865. The zero-order valence-corrected chi connectivity index (χ0v) is 15.3. The van der Waals surface area contributed by atoms with Gasteiger partial charge in [-0.15, -0.1) is 0 Å². The zero-order chi connectivity index (χ0) is 19.6. The molecule has 6 nitrogen and oxygen atoms in total. The molecule has 8 heteroatoms. The number of nitrogens with zero attached hydrogens (tertiary/aromatic N) is 3. The third-order valence-corrected chi connectivity index (χ3v) is 4.91. The van der Waals surface area contributed by atoms with E-state index in [4.69, 9.17) is 0 Å². The third-order valence-electron chi connectivity index (χ3n) is 4.91. The number of imidazole rings is 1. The second-order valence-corrected chi connectivity index (χ2v) is 6.84. The highest BCUT2D eigenvalue weighted by molar-refractivity contribution is 5.94. The fourth-order valence-corrected chi connectivity index (χ4v) is 3.30. The molecule has 0 bridgehead atoms. The number of hydrogen-bond acceptors (Lipinski definition) is 3. The van der Waals surface area contributed by atoms with Crippen molar-refractivity contribution >= 4 is 11.8 Å². The van der Waals surface area contributed by atoms with Crippen LogP contribution in [0, 0.1) is 25.5 Å². The lowest BCUT2D eigenvalue weighted by molar-refractivity contribution is -0.132. The van der Waals surface area contributed by atoms with Gasteiger partial charge in [0.15, 0.2) is 0 Å². The molecule has 27 heavy (non-hydrogen) atoms. The van der Waals surface area contributed by atoms with Crippen LogP contribution in [0.25, 0.3) is 0 Å². The molecule has 0 spiro atoms. The number of amides is 2. The molecule has 1 aliphatic rings. The van der Waals surface area contributed by atoms with E-state index in [1.807, 2.05) is 6.92 Å². The molecule has 2 amide bonds. The van der Waals surface area contributed by atoms with Gasteiger partial charge in [0.2, 0.25) is 5.91 Å². The highest BCUT2D eigenvalue weighted by Gasteiger charge is 2.29. The average molecular weight is 376 g/mol. The Morgan fingerprint density at radius 1 is 1.26 bits per heavy atom. The molecule has 3 rings (SSSR count). The molecular formula is C19H22F2N4O2. The van der Waals surface area contributed by atoms with Crippen LogP contribution < -0.4 is 5.32 Å². The predicted octanol–water partition coefficient (Wildman–Crippen LogP) is 2.20. The van der Waals surface area contributed by atoms with Gasteiger partial charge in [0, 0.05) is 37.1 Å². The average Bonchev–Trinajstić information content (AvgIpc) is 3.25. The van der Waals surface area contributed by atoms with Gasteiger partial charge in [-0.05, 0) is 38.3 Å². The van der Waals surface area contributed by atoms with Crippen molar-refractivity contribution < 1.29 is 18.4 Å². The molecule has 0 saturated carbocycles. The summed E-state index contributed by atoms with van der Waals surface area (Å²) in [7, 11) is 0. The van der Waals surface area contributed by atoms with Crippen LogP contribution >= 0.6 is 0 Å². The normalized spacial score (nSPS) is 16.6. The van der Waals surface area contributed by atoms with Gasteiger partial charge in [-0.25, -0.2) is 13.8 Å². The molecule has 144 valence electrons. The first-order valence-electron chi connectivity index (χ1n) is 8.87. The summed E-state index contributed by atoms with van der Waals surface area (Å²) in [5.74, 6) is -2.24. The summed E-state index contributed by atoms with van der Waals surface area (Å²) in [4.78, 5) is 30.6. The highest BCUT2D eigenvalue weighted by atomic mass is 19.1. The minimum Gasteiger partial charge on any atom is -0.350 e. The van der Waals surface area contributed by atoms with Crippen molar-refractivity contribution in [1.82, 2.24) is 19.8 Å². The van der Waals surface area contributed by atoms with Crippen molar-refractivity contribution in [1.29, 1.82) is 0 Å². The molecule has 1 fully saturated rings. The number of carbonyl (C=O) groups is 2. The van der Waals surface area contributed by atoms with Crippen LogP contribution in [0.3, 0.4) is 0 Å². The number of nitrogens with one attached hydrogen (secondary N) is 1. The Balaban J connectivity index is 1.61. The standard InChI is InChI=1S/C19H22F2N4O2/c1-12-6-15(17(21)7-16(12)20)19(27)23-9-14-4-3-5-25(14)18(26)10-24-11-22-8-13(24)2/h6-8,11,14H,3-5,9-10H2,1-2H3,(H,23,27)/t14-/m0/s1. The number of aromatic nitrogens is 2. The van der Waals surface area contributed by atoms with Gasteiger partial charge in [0.05, 0.1) is 11.9 Å². The molecule has 1 aliphatic heterocycles. The first kappa shape index (κ1) is 19.0. The van der Waals surface area contributed by atoms with Crippen LogP contribution in [0.4, 0.5) is 8.78 Å². The maximum atomic E-state index is 13.9. The summed E-state index contributed by atoms with van der Waals surface area (Å²) in [6.07, 6.45) is 4.91. The minimum absolute atomic E-state index is 0.0448. The van der Waals surface area contributed by atoms with Gasteiger partial charge >= 0.3 is 0 Å². The van der Waals surface area contributed by atoms with Crippen molar-refractivity contribution in [3.63, 3.8) is 0 Å². The summed E-state index contributed by atoms with van der Waals surface area (Å²) in [6.45, 7) is 4.39. The van der Waals surface area contributed by atoms with Crippen LogP contribution in [-0.4, -0.2) is 45.4 Å². The number of aryl methyl sites for hydroxylation is 2. The van der Waals surface area contributed by atoms with E-state index in [0.717, 1.165) is 18.5 Å². The molecule has 0 unspecified atom stereocenters. The Morgan fingerprint density at radius 3 is 2.74 bits per heavy atom. The Labute approximate surface area is 156 Å². The molecule has 1 N–H and O–H groups in total. The summed E-state index contributed by atoms with van der Waals surface area (Å²) < 4.78 is 29.0. The first-order valence-corrected chi connectivity index (χ1v) is 8.87. The van der Waals surface area contributed by atoms with Gasteiger partial charge in [-0.3, -0.25) is 9.59 Å². The van der Waals surface area contributed by atoms with Crippen molar-refractivity contribution in [2.45, 2.75) is 39.3 Å². The largest absolute Gasteiger partial charge is 0.350 e. The lowest BCUT2D eigenvalue weighted by atomic mass is 10.1. The van der Waals surface area contributed by atoms with E-state index in [1.54, 1.807) is 22.0 Å². The molecule has 1 aromatic heterocycles. The quantitative estimate of drug-likeness (QED) is 0.870. The SMILES string of the molecule is Cc1cc(C(=O)NC[C@@H]2CCCN2C(=O)Cn2cncc2C)c(F)cc1F. The number of rotatable bonds is 5. The predicted molar refractivity (Wildman–Crippen MR) is 95.1 cm³/mol. The van der Waals surface area contributed by atoms with E-state index in [0.29, 0.717) is 12.6 Å². The fourth-order valence-electron chi connectivity index (χ4n) is 3.30. The van der Waals surface area contributed by atoms with E-state index in [2.05, 4.69) is 10.3 Å². The monoisotopic (exact) mass is 376 g/mol. The van der Waals surface area contributed by atoms with Gasteiger partial charge in [-0.1, -0.05) is 0 Å². The molecule has 1 aromatic carbocycles. The van der Waals surface area contributed by atoms with Crippen LogP contribution in [0.5, 0.6) is 0 Å². The van der Waals surface area contributed by atoms with Gasteiger partial charge < -0.3 is 14.8 Å². The van der Waals surface area contributed by atoms with Crippen molar-refractivity contribution in [3.05, 3.63) is 53.1 Å². The fraction of sp³-hybridized carbons (Fsp3) is 0.421.